The lowest BCUT2D eigenvalue weighted by molar-refractivity contribution is 0.0526. The lowest BCUT2D eigenvalue weighted by atomic mass is 10.1. The van der Waals surface area contributed by atoms with Crippen LogP contribution in [0.3, 0.4) is 0 Å². The van der Waals surface area contributed by atoms with E-state index >= 15 is 0 Å². The van der Waals surface area contributed by atoms with Crippen LogP contribution in [0, 0.1) is 0 Å². The number of aromatic nitrogens is 1. The number of hydrogen-bond acceptors (Lipinski definition) is 5. The van der Waals surface area contributed by atoms with E-state index in [0.29, 0.717) is 43.9 Å². The molecule has 1 N–H and O–H groups in total. The van der Waals surface area contributed by atoms with Crippen LogP contribution >= 0.6 is 0 Å². The molecular formula is C13H18N2O3. The second kappa shape index (κ2) is 5.82. The molecule has 5 nitrogen and oxygen atoms in total. The molecule has 1 aromatic rings. The average Bonchev–Trinajstić information content (AvgIpc) is 2.40. The third-order valence-corrected chi connectivity index (χ3v) is 3.05. The summed E-state index contributed by atoms with van der Waals surface area (Å²) in [6.45, 7) is 3.56. The van der Waals surface area contributed by atoms with E-state index in [4.69, 9.17) is 4.74 Å². The Morgan fingerprint density at radius 1 is 1.56 bits per heavy atom. The smallest absolute Gasteiger partial charge is 0.341 e. The van der Waals surface area contributed by atoms with Gasteiger partial charge in [-0.3, -0.25) is 0 Å². The predicted octanol–water partition coefficient (Wildman–Crippen LogP) is 1.22. The summed E-state index contributed by atoms with van der Waals surface area (Å²) in [5.41, 5.74) is 0.496. The zero-order valence-electron chi connectivity index (χ0n) is 10.5. The fourth-order valence-corrected chi connectivity index (χ4v) is 2.09. The van der Waals surface area contributed by atoms with Crippen molar-refractivity contribution in [3.63, 3.8) is 0 Å². The molecule has 1 aromatic heterocycles. The zero-order valence-corrected chi connectivity index (χ0v) is 10.5. The fraction of sp³-hybridized carbons (Fsp3) is 0.538. The van der Waals surface area contributed by atoms with Gasteiger partial charge in [-0.2, -0.15) is 0 Å². The van der Waals surface area contributed by atoms with Crippen molar-refractivity contribution in [2.75, 3.05) is 24.6 Å². The second-order valence-corrected chi connectivity index (χ2v) is 4.31. The molecule has 0 amide bonds. The molecule has 18 heavy (non-hydrogen) atoms. The van der Waals surface area contributed by atoms with Crippen LogP contribution in [0.4, 0.5) is 5.82 Å². The van der Waals surface area contributed by atoms with E-state index in [9.17, 15) is 9.90 Å². The molecule has 0 saturated carbocycles. The molecule has 98 valence electrons. The first kappa shape index (κ1) is 12.8. The van der Waals surface area contributed by atoms with Gasteiger partial charge in [0.2, 0.25) is 0 Å². The highest BCUT2D eigenvalue weighted by Crippen LogP contribution is 2.22. The van der Waals surface area contributed by atoms with Crippen LogP contribution in [0.25, 0.3) is 0 Å². The topological polar surface area (TPSA) is 62.7 Å². The molecule has 0 unspecified atom stereocenters. The monoisotopic (exact) mass is 250 g/mol. The lowest BCUT2D eigenvalue weighted by Crippen LogP contribution is -2.37. The molecule has 1 aliphatic rings. The van der Waals surface area contributed by atoms with Crippen molar-refractivity contribution in [2.24, 2.45) is 0 Å². The number of rotatable bonds is 3. The van der Waals surface area contributed by atoms with Crippen molar-refractivity contribution in [1.82, 2.24) is 4.98 Å². The first-order chi connectivity index (χ1) is 8.72. The minimum Gasteiger partial charge on any atom is -0.462 e. The van der Waals surface area contributed by atoms with Gasteiger partial charge in [-0.25, -0.2) is 9.78 Å². The predicted molar refractivity (Wildman–Crippen MR) is 67.6 cm³/mol. The Morgan fingerprint density at radius 3 is 2.94 bits per heavy atom. The Balaban J connectivity index is 2.19. The van der Waals surface area contributed by atoms with Crippen LogP contribution < -0.4 is 4.90 Å². The number of hydrogen-bond donors (Lipinski definition) is 1. The summed E-state index contributed by atoms with van der Waals surface area (Å²) in [6, 6.07) is 3.46. The molecule has 0 bridgehead atoms. The van der Waals surface area contributed by atoms with Gasteiger partial charge in [-0.1, -0.05) is 0 Å². The molecule has 5 heteroatoms. The summed E-state index contributed by atoms with van der Waals surface area (Å²) in [5, 5.41) is 9.50. The Labute approximate surface area is 106 Å². The molecule has 1 aliphatic heterocycles. The highest BCUT2D eigenvalue weighted by atomic mass is 16.5. The number of ether oxygens (including phenoxy) is 1. The van der Waals surface area contributed by atoms with Gasteiger partial charge in [0.15, 0.2) is 0 Å². The van der Waals surface area contributed by atoms with Crippen molar-refractivity contribution < 1.29 is 14.6 Å². The maximum Gasteiger partial charge on any atom is 0.341 e. The molecular weight excluding hydrogens is 232 g/mol. The van der Waals surface area contributed by atoms with E-state index in [1.807, 2.05) is 4.90 Å². The number of piperidine rings is 1. The molecule has 2 heterocycles. The molecule has 1 saturated heterocycles. The third kappa shape index (κ3) is 2.79. The number of carbonyl (C=O) groups excluding carboxylic acids is 1. The number of carbonyl (C=O) groups is 1. The number of esters is 1. The van der Waals surface area contributed by atoms with Crippen LogP contribution in [0.2, 0.25) is 0 Å². The van der Waals surface area contributed by atoms with Crippen molar-refractivity contribution >= 4 is 11.8 Å². The van der Waals surface area contributed by atoms with Gasteiger partial charge < -0.3 is 14.7 Å². The maximum absolute atomic E-state index is 11.8. The minimum atomic E-state index is -0.341. The molecule has 0 spiro atoms. The number of nitrogens with zero attached hydrogens (tertiary/aromatic N) is 2. The highest BCUT2D eigenvalue weighted by molar-refractivity contribution is 5.94. The second-order valence-electron chi connectivity index (χ2n) is 4.31. The van der Waals surface area contributed by atoms with Gasteiger partial charge in [0, 0.05) is 19.3 Å². The quantitative estimate of drug-likeness (QED) is 0.817. The van der Waals surface area contributed by atoms with Crippen molar-refractivity contribution in [3.8, 4) is 0 Å². The molecule has 2 rings (SSSR count). The SMILES string of the molecule is CCOC(=O)c1cccnc1N1CCC(O)CC1. The maximum atomic E-state index is 11.8. The van der Waals surface area contributed by atoms with Crippen LogP contribution in [0.15, 0.2) is 18.3 Å². The summed E-state index contributed by atoms with van der Waals surface area (Å²) in [6.07, 6.45) is 2.84. The van der Waals surface area contributed by atoms with Gasteiger partial charge in [0.1, 0.15) is 11.4 Å². The minimum absolute atomic E-state index is 0.240. The largest absolute Gasteiger partial charge is 0.462 e. The fourth-order valence-electron chi connectivity index (χ4n) is 2.09. The van der Waals surface area contributed by atoms with E-state index in [2.05, 4.69) is 4.98 Å². The number of anilines is 1. The number of aliphatic hydroxyl groups is 1. The summed E-state index contributed by atoms with van der Waals surface area (Å²) < 4.78 is 5.03. The molecule has 0 radical (unpaired) electrons. The number of aliphatic hydroxyl groups excluding tert-OH is 1. The summed E-state index contributed by atoms with van der Waals surface area (Å²) in [5.74, 6) is 0.314. The average molecular weight is 250 g/mol. The number of pyridine rings is 1. The van der Waals surface area contributed by atoms with Crippen LogP contribution in [0.5, 0.6) is 0 Å². The molecule has 0 aliphatic carbocycles. The van der Waals surface area contributed by atoms with Crippen LogP contribution in [-0.4, -0.2) is 41.9 Å². The normalized spacial score (nSPS) is 16.7. The van der Waals surface area contributed by atoms with E-state index in [1.54, 1.807) is 25.3 Å². The third-order valence-electron chi connectivity index (χ3n) is 3.05. The summed E-state index contributed by atoms with van der Waals surface area (Å²) in [7, 11) is 0. The van der Waals surface area contributed by atoms with Gasteiger partial charge in [-0.05, 0) is 31.9 Å². The van der Waals surface area contributed by atoms with Gasteiger partial charge in [0.05, 0.1) is 12.7 Å². The van der Waals surface area contributed by atoms with Gasteiger partial charge in [0.25, 0.3) is 0 Å². The van der Waals surface area contributed by atoms with Gasteiger partial charge >= 0.3 is 5.97 Å². The zero-order chi connectivity index (χ0) is 13.0. The van der Waals surface area contributed by atoms with Crippen LogP contribution in [-0.2, 0) is 4.74 Å². The van der Waals surface area contributed by atoms with E-state index in [-0.39, 0.29) is 12.1 Å². The van der Waals surface area contributed by atoms with E-state index < -0.39 is 0 Å². The van der Waals surface area contributed by atoms with Crippen molar-refractivity contribution in [3.05, 3.63) is 23.9 Å². The first-order valence-electron chi connectivity index (χ1n) is 6.27. The standard InChI is InChI=1S/C13H18N2O3/c1-2-18-13(17)11-4-3-7-14-12(11)15-8-5-10(16)6-9-15/h3-4,7,10,16H,2,5-6,8-9H2,1H3. The van der Waals surface area contributed by atoms with Crippen molar-refractivity contribution in [1.29, 1.82) is 0 Å². The lowest BCUT2D eigenvalue weighted by Gasteiger charge is -2.31. The Morgan fingerprint density at radius 2 is 2.28 bits per heavy atom. The molecule has 0 atom stereocenters. The summed E-state index contributed by atoms with van der Waals surface area (Å²) >= 11 is 0. The highest BCUT2D eigenvalue weighted by Gasteiger charge is 2.23. The van der Waals surface area contributed by atoms with E-state index in [1.165, 1.54) is 0 Å². The van der Waals surface area contributed by atoms with Gasteiger partial charge in [-0.15, -0.1) is 0 Å². The summed E-state index contributed by atoms with van der Waals surface area (Å²) in [4.78, 5) is 18.1. The van der Waals surface area contributed by atoms with Crippen molar-refractivity contribution in [2.45, 2.75) is 25.9 Å². The van der Waals surface area contributed by atoms with E-state index in [0.717, 1.165) is 0 Å². The Bertz CT molecular complexity index is 414. The van der Waals surface area contributed by atoms with Crippen LogP contribution in [0.1, 0.15) is 30.1 Å². The molecule has 1 fully saturated rings. The first-order valence-corrected chi connectivity index (χ1v) is 6.27. The Hall–Kier alpha value is -1.62. The molecule has 0 aromatic carbocycles. The Kier molecular flexibility index (Phi) is 4.15.